The molecule has 6 heteroatoms. The summed E-state index contributed by atoms with van der Waals surface area (Å²) in [5, 5.41) is 13.6. The zero-order valence-corrected chi connectivity index (χ0v) is 25.2. The van der Waals surface area contributed by atoms with Gasteiger partial charge in [0, 0.05) is 27.4 Å². The highest BCUT2D eigenvalue weighted by Crippen LogP contribution is 2.41. The van der Waals surface area contributed by atoms with E-state index in [0.29, 0.717) is 11.4 Å². The predicted octanol–water partition coefficient (Wildman–Crippen LogP) is 9.72. The molecule has 0 aliphatic carbocycles. The average Bonchev–Trinajstić information content (AvgIpc) is 2.93. The van der Waals surface area contributed by atoms with Crippen molar-refractivity contribution < 1.29 is 14.6 Å². The second-order valence-corrected chi connectivity index (χ2v) is 9.49. The van der Waals surface area contributed by atoms with E-state index in [1.165, 1.54) is 5.56 Å². The summed E-state index contributed by atoms with van der Waals surface area (Å²) in [5.41, 5.74) is 6.79. The van der Waals surface area contributed by atoms with Crippen LogP contribution < -0.4 is 10.1 Å². The molecular formula is C33H37ClNO3P. The van der Waals surface area contributed by atoms with Gasteiger partial charge in [-0.05, 0) is 81.0 Å². The van der Waals surface area contributed by atoms with E-state index in [1.807, 2.05) is 89.8 Å². The van der Waals surface area contributed by atoms with Gasteiger partial charge >= 0.3 is 5.97 Å². The molecule has 0 saturated heterocycles. The lowest BCUT2D eigenvalue weighted by molar-refractivity contribution is 0.0698. The molecule has 0 fully saturated rings. The molecule has 3 aromatic rings. The van der Waals surface area contributed by atoms with Crippen LogP contribution in [0.15, 0.2) is 90.7 Å². The van der Waals surface area contributed by atoms with Crippen molar-refractivity contribution >= 4 is 43.5 Å². The van der Waals surface area contributed by atoms with E-state index >= 15 is 0 Å². The zero-order chi connectivity index (χ0) is 29.1. The Kier molecular flexibility index (Phi) is 12.3. The lowest BCUT2D eigenvalue weighted by Crippen LogP contribution is -2.15. The molecule has 3 aromatic carbocycles. The van der Waals surface area contributed by atoms with Gasteiger partial charge in [0.1, 0.15) is 11.5 Å². The molecule has 1 atom stereocenters. The fourth-order valence-electron chi connectivity index (χ4n) is 3.93. The number of ether oxygens (including phenoxy) is 1. The van der Waals surface area contributed by atoms with Gasteiger partial charge in [-0.1, -0.05) is 74.0 Å². The van der Waals surface area contributed by atoms with Gasteiger partial charge in [0.25, 0.3) is 0 Å². The van der Waals surface area contributed by atoms with E-state index < -0.39 is 5.97 Å². The summed E-state index contributed by atoms with van der Waals surface area (Å²) in [6.07, 6.45) is 3.88. The molecule has 1 aliphatic heterocycles. The lowest BCUT2D eigenvalue weighted by Gasteiger charge is -2.27. The van der Waals surface area contributed by atoms with Gasteiger partial charge in [-0.25, -0.2) is 4.79 Å². The molecule has 0 bridgehead atoms. The van der Waals surface area contributed by atoms with Crippen LogP contribution in [0.1, 0.15) is 66.3 Å². The zero-order valence-electron chi connectivity index (χ0n) is 23.4. The van der Waals surface area contributed by atoms with Gasteiger partial charge in [0.2, 0.25) is 0 Å². The van der Waals surface area contributed by atoms with Crippen molar-refractivity contribution in [2.24, 2.45) is 0 Å². The van der Waals surface area contributed by atoms with Crippen LogP contribution in [0.2, 0.25) is 5.02 Å². The van der Waals surface area contributed by atoms with Crippen molar-refractivity contribution in [3.05, 3.63) is 124 Å². The quantitative estimate of drug-likeness (QED) is 0.294. The first-order valence-corrected chi connectivity index (χ1v) is 13.8. The van der Waals surface area contributed by atoms with E-state index in [9.17, 15) is 9.90 Å². The number of carbonyl (C=O) groups is 1. The summed E-state index contributed by atoms with van der Waals surface area (Å²) in [4.78, 5) is 11.6. The number of carboxylic acid groups (broad SMARTS) is 1. The second kappa shape index (κ2) is 15.1. The Morgan fingerprint density at radius 3 is 2.28 bits per heavy atom. The van der Waals surface area contributed by atoms with E-state index in [0.717, 1.165) is 38.6 Å². The first-order valence-electron chi connectivity index (χ1n) is 12.9. The Bertz CT molecular complexity index is 1370. The molecule has 204 valence electrons. The minimum Gasteiger partial charge on any atom is -0.478 e. The van der Waals surface area contributed by atoms with Crippen LogP contribution in [0.5, 0.6) is 5.75 Å². The fraction of sp³-hybridized carbons (Fsp3) is 0.212. The van der Waals surface area contributed by atoms with Crippen LogP contribution in [-0.2, 0) is 0 Å². The maximum atomic E-state index is 11.6. The third kappa shape index (κ3) is 8.45. The molecule has 1 heterocycles. The largest absolute Gasteiger partial charge is 0.478 e. The Hall–Kier alpha value is -3.59. The van der Waals surface area contributed by atoms with Gasteiger partial charge in [-0.2, -0.15) is 0 Å². The van der Waals surface area contributed by atoms with Crippen molar-refractivity contribution in [1.29, 1.82) is 0 Å². The van der Waals surface area contributed by atoms with Gasteiger partial charge in [0.15, 0.2) is 0 Å². The molecule has 0 radical (unpaired) electrons. The topological polar surface area (TPSA) is 58.6 Å². The number of benzene rings is 3. The Balaban J connectivity index is 0.000000451. The van der Waals surface area contributed by atoms with Gasteiger partial charge in [-0.15, -0.1) is 8.86 Å². The van der Waals surface area contributed by atoms with Crippen molar-refractivity contribution in [3.8, 4) is 5.75 Å². The lowest BCUT2D eigenvalue weighted by atomic mass is 9.93. The van der Waals surface area contributed by atoms with Crippen LogP contribution >= 0.6 is 20.5 Å². The molecular weight excluding hydrogens is 525 g/mol. The van der Waals surface area contributed by atoms with Crippen molar-refractivity contribution in [2.75, 3.05) is 5.32 Å². The highest BCUT2D eigenvalue weighted by molar-refractivity contribution is 7.19. The maximum absolute atomic E-state index is 11.6. The molecule has 1 unspecified atom stereocenters. The summed E-state index contributed by atoms with van der Waals surface area (Å²) in [7, 11) is 3.44. The maximum Gasteiger partial charge on any atom is 0.337 e. The molecule has 0 saturated carbocycles. The minimum atomic E-state index is -0.966. The van der Waals surface area contributed by atoms with Gasteiger partial charge in [0.05, 0.1) is 11.6 Å². The number of carboxylic acids is 1. The Morgan fingerprint density at radius 2 is 1.72 bits per heavy atom. The first kappa shape index (κ1) is 31.6. The molecule has 39 heavy (non-hydrogen) atoms. The summed E-state index contributed by atoms with van der Waals surface area (Å²) in [6, 6.07) is 18.6. The molecule has 4 nitrogen and oxygen atoms in total. The van der Waals surface area contributed by atoms with Crippen LogP contribution in [0.3, 0.4) is 0 Å². The smallest absolute Gasteiger partial charge is 0.337 e. The summed E-state index contributed by atoms with van der Waals surface area (Å²) in [5.74, 6) is 2.29. The fourth-order valence-corrected chi connectivity index (χ4v) is 4.36. The number of aryl methyl sites for hydroxylation is 2. The molecule has 0 spiro atoms. The van der Waals surface area contributed by atoms with Crippen LogP contribution in [0.25, 0.3) is 5.57 Å². The first-order chi connectivity index (χ1) is 18.6. The number of para-hydroxylation sites is 1. The van der Waals surface area contributed by atoms with Gasteiger partial charge in [-0.3, -0.25) is 0 Å². The van der Waals surface area contributed by atoms with Crippen LogP contribution in [0, 0.1) is 13.8 Å². The standard InChI is InChI=1S/C24H24NO3P.C7H7Cl.C2H6/c1-5-17(13-29)22-12-15(3)19-10-14(2)11-20(23(19)28-22)16(4)25-21-9-7-6-8-18(21)24(26)27;1-6-2-4-7(8)5-3-6;1-2/h5-13,16,25,29H,3H2,1-2,4H3,(H,26,27);2-5H,1H3;1-2H3/b17-5+;;. The average molecular weight is 562 g/mol. The van der Waals surface area contributed by atoms with Crippen molar-refractivity contribution in [3.63, 3.8) is 0 Å². The third-order valence-electron chi connectivity index (χ3n) is 5.88. The number of allylic oxidation sites excluding steroid dienone is 4. The number of fused-ring (bicyclic) bond motifs is 1. The number of rotatable bonds is 6. The summed E-state index contributed by atoms with van der Waals surface area (Å²) < 4.78 is 6.28. The predicted molar refractivity (Wildman–Crippen MR) is 170 cm³/mol. The monoisotopic (exact) mass is 561 g/mol. The van der Waals surface area contributed by atoms with E-state index in [2.05, 4.69) is 32.9 Å². The summed E-state index contributed by atoms with van der Waals surface area (Å²) in [6.45, 7) is 16.2. The number of hydrogen-bond acceptors (Lipinski definition) is 3. The molecule has 4 rings (SSSR count). The number of aromatic carboxylic acids is 1. The molecule has 0 amide bonds. The van der Waals surface area contributed by atoms with Crippen LogP contribution in [0.4, 0.5) is 5.69 Å². The summed E-state index contributed by atoms with van der Waals surface area (Å²) >= 11 is 5.61. The number of anilines is 1. The van der Waals surface area contributed by atoms with Crippen LogP contribution in [-0.4, -0.2) is 16.9 Å². The molecule has 2 N–H and O–H groups in total. The SMILES string of the molecule is C=C1C=C(/C(C=P)=C/C)Oc2c1cc(C)cc2C(C)Nc1ccccc1C(=O)O.CC.Cc1ccc(Cl)cc1. The second-order valence-electron chi connectivity index (χ2n) is 8.77. The van der Waals surface area contributed by atoms with Gasteiger partial charge < -0.3 is 15.2 Å². The molecule has 0 aromatic heterocycles. The van der Waals surface area contributed by atoms with E-state index in [4.69, 9.17) is 16.3 Å². The number of halogens is 1. The van der Waals surface area contributed by atoms with Crippen molar-refractivity contribution in [1.82, 2.24) is 0 Å². The minimum absolute atomic E-state index is 0.183. The number of hydrogen-bond donors (Lipinski definition) is 2. The third-order valence-corrected chi connectivity index (χ3v) is 6.45. The van der Waals surface area contributed by atoms with E-state index in [1.54, 1.807) is 18.2 Å². The Labute approximate surface area is 239 Å². The molecule has 1 aliphatic rings. The Morgan fingerprint density at radius 1 is 1.08 bits per heavy atom. The van der Waals surface area contributed by atoms with E-state index in [-0.39, 0.29) is 11.6 Å². The highest BCUT2D eigenvalue weighted by atomic mass is 35.5. The number of nitrogens with one attached hydrogen (secondary N) is 1. The van der Waals surface area contributed by atoms with Crippen molar-refractivity contribution in [2.45, 2.75) is 47.6 Å². The normalized spacial score (nSPS) is 12.7. The highest BCUT2D eigenvalue weighted by Gasteiger charge is 2.24.